The highest BCUT2D eigenvalue weighted by atomic mass is 35.5. The second-order valence-corrected chi connectivity index (χ2v) is 4.58. The van der Waals surface area contributed by atoms with E-state index in [9.17, 15) is 4.39 Å². The molecular weight excluding hydrogens is 267 g/mol. The van der Waals surface area contributed by atoms with Crippen molar-refractivity contribution in [2.75, 3.05) is 7.11 Å². The molecule has 0 saturated heterocycles. The molecule has 19 heavy (non-hydrogen) atoms. The van der Waals surface area contributed by atoms with Crippen molar-refractivity contribution in [1.82, 2.24) is 4.98 Å². The van der Waals surface area contributed by atoms with Gasteiger partial charge < -0.3 is 10.5 Å². The highest BCUT2D eigenvalue weighted by Gasteiger charge is 2.15. The first-order chi connectivity index (χ1) is 9.11. The van der Waals surface area contributed by atoms with Crippen molar-refractivity contribution in [1.29, 1.82) is 0 Å². The largest absolute Gasteiger partial charge is 0.481 e. The highest BCUT2D eigenvalue weighted by molar-refractivity contribution is 6.30. The van der Waals surface area contributed by atoms with Gasteiger partial charge in [-0.15, -0.1) is 0 Å². The van der Waals surface area contributed by atoms with Crippen molar-refractivity contribution in [3.63, 3.8) is 0 Å². The van der Waals surface area contributed by atoms with Crippen LogP contribution in [0.25, 0.3) is 0 Å². The second-order valence-electron chi connectivity index (χ2n) is 4.15. The Labute approximate surface area is 116 Å². The molecule has 0 saturated carbocycles. The zero-order valence-electron chi connectivity index (χ0n) is 10.4. The summed E-state index contributed by atoms with van der Waals surface area (Å²) in [7, 11) is 1.53. The fourth-order valence-electron chi connectivity index (χ4n) is 1.89. The molecule has 1 aromatic carbocycles. The summed E-state index contributed by atoms with van der Waals surface area (Å²) in [6, 6.07) is 7.78. The number of ether oxygens (including phenoxy) is 1. The predicted octanol–water partition coefficient (Wildman–Crippen LogP) is 3.13. The third kappa shape index (κ3) is 3.22. The number of methoxy groups -OCH3 is 1. The van der Waals surface area contributed by atoms with Crippen LogP contribution in [0.3, 0.4) is 0 Å². The van der Waals surface area contributed by atoms with Crippen LogP contribution < -0.4 is 10.5 Å². The van der Waals surface area contributed by atoms with E-state index in [1.807, 2.05) is 6.07 Å². The minimum atomic E-state index is -0.390. The van der Waals surface area contributed by atoms with Crippen LogP contribution in [0.1, 0.15) is 17.2 Å². The topological polar surface area (TPSA) is 48.1 Å². The Morgan fingerprint density at radius 2 is 2.21 bits per heavy atom. The molecular formula is C14H14ClFN2O. The van der Waals surface area contributed by atoms with Crippen LogP contribution in [0.15, 0.2) is 36.5 Å². The Morgan fingerprint density at radius 1 is 1.42 bits per heavy atom. The molecule has 0 fully saturated rings. The SMILES string of the molecule is COc1ncccc1C(N)Cc1ccc(Cl)cc1F. The second kappa shape index (κ2) is 5.99. The normalized spacial score (nSPS) is 12.2. The number of hydrogen-bond donors (Lipinski definition) is 1. The van der Waals surface area contributed by atoms with Crippen molar-refractivity contribution in [3.05, 3.63) is 58.5 Å². The van der Waals surface area contributed by atoms with Gasteiger partial charge in [0.15, 0.2) is 0 Å². The van der Waals surface area contributed by atoms with E-state index >= 15 is 0 Å². The zero-order chi connectivity index (χ0) is 13.8. The lowest BCUT2D eigenvalue weighted by atomic mass is 10.0. The van der Waals surface area contributed by atoms with Crippen LogP contribution in [0.2, 0.25) is 5.02 Å². The van der Waals surface area contributed by atoms with E-state index in [4.69, 9.17) is 22.1 Å². The van der Waals surface area contributed by atoms with E-state index in [1.54, 1.807) is 24.4 Å². The van der Waals surface area contributed by atoms with E-state index in [0.29, 0.717) is 22.9 Å². The third-order valence-corrected chi connectivity index (χ3v) is 3.08. The van der Waals surface area contributed by atoms with E-state index < -0.39 is 0 Å². The number of aromatic nitrogens is 1. The number of pyridine rings is 1. The molecule has 3 nitrogen and oxygen atoms in total. The molecule has 1 atom stereocenters. The Bertz CT molecular complexity index is 577. The number of halogens is 2. The third-order valence-electron chi connectivity index (χ3n) is 2.85. The maximum Gasteiger partial charge on any atom is 0.217 e. The maximum atomic E-state index is 13.7. The molecule has 2 N–H and O–H groups in total. The van der Waals surface area contributed by atoms with Crippen LogP contribution in [0.5, 0.6) is 5.88 Å². The average Bonchev–Trinajstić information content (AvgIpc) is 2.41. The van der Waals surface area contributed by atoms with Gasteiger partial charge >= 0.3 is 0 Å². The number of hydrogen-bond acceptors (Lipinski definition) is 3. The van der Waals surface area contributed by atoms with E-state index in [-0.39, 0.29) is 11.9 Å². The smallest absolute Gasteiger partial charge is 0.217 e. The van der Waals surface area contributed by atoms with Crippen LogP contribution >= 0.6 is 11.6 Å². The highest BCUT2D eigenvalue weighted by Crippen LogP contribution is 2.25. The number of benzene rings is 1. The minimum absolute atomic E-state index is 0.352. The molecule has 2 rings (SSSR count). The first-order valence-corrected chi connectivity index (χ1v) is 6.18. The minimum Gasteiger partial charge on any atom is -0.481 e. The van der Waals surface area contributed by atoms with Gasteiger partial charge in [-0.1, -0.05) is 23.7 Å². The van der Waals surface area contributed by atoms with Gasteiger partial charge in [0.2, 0.25) is 5.88 Å². The van der Waals surface area contributed by atoms with E-state index in [1.165, 1.54) is 13.2 Å². The summed E-state index contributed by atoms with van der Waals surface area (Å²) >= 11 is 5.72. The summed E-state index contributed by atoms with van der Waals surface area (Å²) < 4.78 is 18.9. The summed E-state index contributed by atoms with van der Waals surface area (Å²) in [5.74, 6) is 0.107. The Morgan fingerprint density at radius 3 is 2.89 bits per heavy atom. The molecule has 0 aliphatic heterocycles. The molecule has 0 aliphatic rings. The van der Waals surface area contributed by atoms with E-state index in [0.717, 1.165) is 5.56 Å². The molecule has 100 valence electrons. The molecule has 0 spiro atoms. The molecule has 0 amide bonds. The van der Waals surface area contributed by atoms with Gasteiger partial charge in [-0.05, 0) is 30.2 Å². The number of nitrogens with two attached hydrogens (primary N) is 1. The van der Waals surface area contributed by atoms with Gasteiger partial charge in [-0.3, -0.25) is 0 Å². The van der Waals surface area contributed by atoms with E-state index in [2.05, 4.69) is 4.98 Å². The molecule has 0 radical (unpaired) electrons. The summed E-state index contributed by atoms with van der Waals surface area (Å²) in [5.41, 5.74) is 7.36. The summed E-state index contributed by atoms with van der Waals surface area (Å²) in [4.78, 5) is 4.08. The lowest BCUT2D eigenvalue weighted by molar-refractivity contribution is 0.388. The standard InChI is InChI=1S/C14H14ClFN2O/c1-19-14-11(3-2-6-18-14)13(17)7-9-4-5-10(15)8-12(9)16/h2-6,8,13H,7,17H2,1H3. The van der Waals surface area contributed by atoms with Crippen LogP contribution in [-0.2, 0) is 6.42 Å². The monoisotopic (exact) mass is 280 g/mol. The molecule has 1 heterocycles. The van der Waals surface area contributed by atoms with Gasteiger partial charge in [0.25, 0.3) is 0 Å². The van der Waals surface area contributed by atoms with Gasteiger partial charge in [-0.2, -0.15) is 0 Å². The maximum absolute atomic E-state index is 13.7. The van der Waals surface area contributed by atoms with Crippen molar-refractivity contribution >= 4 is 11.6 Å². The van der Waals surface area contributed by atoms with Crippen LogP contribution in [0, 0.1) is 5.82 Å². The van der Waals surface area contributed by atoms with Crippen molar-refractivity contribution in [2.45, 2.75) is 12.5 Å². The first kappa shape index (κ1) is 13.8. The molecule has 0 aliphatic carbocycles. The van der Waals surface area contributed by atoms with Gasteiger partial charge in [0, 0.05) is 22.8 Å². The van der Waals surface area contributed by atoms with Crippen molar-refractivity contribution in [2.24, 2.45) is 5.73 Å². The first-order valence-electron chi connectivity index (χ1n) is 5.80. The molecule has 0 bridgehead atoms. The number of rotatable bonds is 4. The fraction of sp³-hybridized carbons (Fsp3) is 0.214. The molecule has 1 aromatic heterocycles. The Balaban J connectivity index is 2.23. The average molecular weight is 281 g/mol. The van der Waals surface area contributed by atoms with Gasteiger partial charge in [-0.25, -0.2) is 9.37 Å². The lowest BCUT2D eigenvalue weighted by Gasteiger charge is -2.15. The molecule has 5 heteroatoms. The summed E-state index contributed by atoms with van der Waals surface area (Å²) in [6.45, 7) is 0. The lowest BCUT2D eigenvalue weighted by Crippen LogP contribution is -2.15. The predicted molar refractivity (Wildman–Crippen MR) is 72.8 cm³/mol. The summed E-state index contributed by atoms with van der Waals surface area (Å²) in [6.07, 6.45) is 1.98. The van der Waals surface area contributed by atoms with Crippen LogP contribution in [0.4, 0.5) is 4.39 Å². The quantitative estimate of drug-likeness (QED) is 0.936. The Hall–Kier alpha value is -1.65. The number of nitrogens with zero attached hydrogens (tertiary/aromatic N) is 1. The van der Waals surface area contributed by atoms with Crippen molar-refractivity contribution < 1.29 is 9.13 Å². The van der Waals surface area contributed by atoms with Crippen molar-refractivity contribution in [3.8, 4) is 5.88 Å². The fourth-order valence-corrected chi connectivity index (χ4v) is 2.05. The van der Waals surface area contributed by atoms with Gasteiger partial charge in [0.1, 0.15) is 5.82 Å². The molecule has 1 unspecified atom stereocenters. The summed E-state index contributed by atoms with van der Waals surface area (Å²) in [5, 5.41) is 0.369. The van der Waals surface area contributed by atoms with Crippen LogP contribution in [-0.4, -0.2) is 12.1 Å². The zero-order valence-corrected chi connectivity index (χ0v) is 11.2. The molecule has 2 aromatic rings. The van der Waals surface area contributed by atoms with Gasteiger partial charge in [0.05, 0.1) is 7.11 Å². The Kier molecular flexibility index (Phi) is 4.35.